The van der Waals surface area contributed by atoms with Crippen LogP contribution in [0.1, 0.15) is 26.7 Å². The Labute approximate surface area is 134 Å². The number of nitrogens with zero attached hydrogens (tertiary/aromatic N) is 2. The topological polar surface area (TPSA) is 24.0 Å². The van der Waals surface area contributed by atoms with Gasteiger partial charge in [0.25, 0.3) is 0 Å². The van der Waals surface area contributed by atoms with E-state index in [9.17, 15) is 0 Å². The SMILES string of the molecule is CC(C)N(C)CCCCn1c(=S)[nH]c2cc(Br)ccc21. The second-order valence-corrected chi connectivity index (χ2v) is 6.83. The lowest BCUT2D eigenvalue weighted by Gasteiger charge is -2.20. The van der Waals surface area contributed by atoms with Crippen LogP contribution in [0.4, 0.5) is 0 Å². The van der Waals surface area contributed by atoms with E-state index in [-0.39, 0.29) is 0 Å². The zero-order valence-corrected chi connectivity index (χ0v) is 14.7. The molecule has 0 bridgehead atoms. The van der Waals surface area contributed by atoms with Crippen LogP contribution in [0.3, 0.4) is 0 Å². The van der Waals surface area contributed by atoms with Crippen molar-refractivity contribution in [3.05, 3.63) is 27.4 Å². The Hall–Kier alpha value is -0.650. The second kappa shape index (κ2) is 6.87. The fourth-order valence-electron chi connectivity index (χ4n) is 2.25. The first-order chi connectivity index (χ1) is 9.49. The normalized spacial score (nSPS) is 11.9. The molecule has 0 aliphatic heterocycles. The largest absolute Gasteiger partial charge is 0.331 e. The first-order valence-corrected chi connectivity index (χ1v) is 8.27. The summed E-state index contributed by atoms with van der Waals surface area (Å²) in [6.07, 6.45) is 2.34. The van der Waals surface area contributed by atoms with E-state index in [1.807, 2.05) is 0 Å². The molecule has 0 amide bonds. The highest BCUT2D eigenvalue weighted by atomic mass is 79.9. The molecule has 0 saturated heterocycles. The highest BCUT2D eigenvalue weighted by Crippen LogP contribution is 2.20. The van der Waals surface area contributed by atoms with Crippen LogP contribution in [-0.4, -0.2) is 34.1 Å². The van der Waals surface area contributed by atoms with E-state index in [1.165, 1.54) is 11.9 Å². The fourth-order valence-corrected chi connectivity index (χ4v) is 2.91. The molecular weight excluding hydrogens is 334 g/mol. The summed E-state index contributed by atoms with van der Waals surface area (Å²) in [7, 11) is 2.18. The van der Waals surface area contributed by atoms with Gasteiger partial charge in [0, 0.05) is 17.1 Å². The van der Waals surface area contributed by atoms with Crippen LogP contribution in [0, 0.1) is 4.77 Å². The van der Waals surface area contributed by atoms with Gasteiger partial charge in [0.1, 0.15) is 0 Å². The number of benzene rings is 1. The van der Waals surface area contributed by atoms with Gasteiger partial charge < -0.3 is 14.5 Å². The summed E-state index contributed by atoms with van der Waals surface area (Å²) < 4.78 is 4.09. The summed E-state index contributed by atoms with van der Waals surface area (Å²) in [5, 5.41) is 0. The molecule has 1 heterocycles. The number of imidazole rings is 1. The molecule has 2 aromatic rings. The lowest BCUT2D eigenvalue weighted by molar-refractivity contribution is 0.266. The molecule has 0 fully saturated rings. The monoisotopic (exact) mass is 355 g/mol. The second-order valence-electron chi connectivity index (χ2n) is 5.52. The lowest BCUT2D eigenvalue weighted by atomic mass is 10.2. The third kappa shape index (κ3) is 3.71. The number of H-pyrrole nitrogens is 1. The number of aryl methyl sites for hydroxylation is 1. The standard InChI is InChI=1S/C15H22BrN3S/c1-11(2)18(3)8-4-5-9-19-14-7-6-12(16)10-13(14)17-15(19)20/h6-7,10-11H,4-5,8-9H2,1-3H3,(H,17,20). The van der Waals surface area contributed by atoms with Crippen molar-refractivity contribution in [2.45, 2.75) is 39.3 Å². The zero-order valence-electron chi connectivity index (χ0n) is 12.3. The minimum absolute atomic E-state index is 0.614. The predicted octanol–water partition coefficient (Wildman–Crippen LogP) is 4.58. The Morgan fingerprint density at radius 2 is 2.10 bits per heavy atom. The molecule has 0 unspecified atom stereocenters. The quantitative estimate of drug-likeness (QED) is 0.605. The van der Waals surface area contributed by atoms with E-state index in [1.54, 1.807) is 0 Å². The Balaban J connectivity index is 2.00. The van der Waals surface area contributed by atoms with Gasteiger partial charge in [-0.2, -0.15) is 0 Å². The van der Waals surface area contributed by atoms with Crippen LogP contribution in [-0.2, 0) is 6.54 Å². The molecule has 0 atom stereocenters. The lowest BCUT2D eigenvalue weighted by Crippen LogP contribution is -2.27. The smallest absolute Gasteiger partial charge is 0.178 e. The van der Waals surface area contributed by atoms with Crippen molar-refractivity contribution in [1.29, 1.82) is 0 Å². The van der Waals surface area contributed by atoms with Crippen LogP contribution >= 0.6 is 28.1 Å². The van der Waals surface area contributed by atoms with Crippen LogP contribution in [0.25, 0.3) is 11.0 Å². The van der Waals surface area contributed by atoms with Crippen LogP contribution in [0.2, 0.25) is 0 Å². The molecule has 0 radical (unpaired) electrons. The van der Waals surface area contributed by atoms with Crippen molar-refractivity contribution in [2.24, 2.45) is 0 Å². The first-order valence-electron chi connectivity index (χ1n) is 7.07. The molecule has 5 heteroatoms. The molecule has 0 aliphatic carbocycles. The predicted molar refractivity (Wildman–Crippen MR) is 91.8 cm³/mol. The van der Waals surface area contributed by atoms with Gasteiger partial charge in [-0.25, -0.2) is 0 Å². The van der Waals surface area contributed by atoms with Crippen LogP contribution in [0.5, 0.6) is 0 Å². The first kappa shape index (κ1) is 15.7. The maximum Gasteiger partial charge on any atom is 0.178 e. The Morgan fingerprint density at radius 1 is 1.35 bits per heavy atom. The molecule has 1 N–H and O–H groups in total. The van der Waals surface area contributed by atoms with Gasteiger partial charge in [-0.05, 0) is 70.7 Å². The van der Waals surface area contributed by atoms with Crippen LogP contribution in [0.15, 0.2) is 22.7 Å². The van der Waals surface area contributed by atoms with Crippen molar-refractivity contribution < 1.29 is 0 Å². The minimum atomic E-state index is 0.614. The number of nitrogens with one attached hydrogen (secondary N) is 1. The van der Waals surface area contributed by atoms with Gasteiger partial charge >= 0.3 is 0 Å². The average Bonchev–Trinajstić information content (AvgIpc) is 2.69. The number of rotatable bonds is 6. The molecule has 1 aromatic carbocycles. The van der Waals surface area contributed by atoms with Gasteiger partial charge in [0.05, 0.1) is 11.0 Å². The number of hydrogen-bond donors (Lipinski definition) is 1. The van der Waals surface area contributed by atoms with Gasteiger partial charge in [0.2, 0.25) is 0 Å². The Bertz CT molecular complexity index is 630. The molecule has 0 saturated carbocycles. The summed E-state index contributed by atoms with van der Waals surface area (Å²) in [6, 6.07) is 6.87. The van der Waals surface area contributed by atoms with Gasteiger partial charge in [-0.15, -0.1) is 0 Å². The van der Waals surface area contributed by atoms with Gasteiger partial charge in [-0.1, -0.05) is 15.9 Å². The number of unbranched alkanes of at least 4 members (excludes halogenated alkanes) is 1. The summed E-state index contributed by atoms with van der Waals surface area (Å²) in [5.74, 6) is 0. The zero-order chi connectivity index (χ0) is 14.7. The van der Waals surface area contributed by atoms with Crippen molar-refractivity contribution in [2.75, 3.05) is 13.6 Å². The molecule has 0 aliphatic rings. The van der Waals surface area contributed by atoms with Crippen molar-refractivity contribution in [3.8, 4) is 0 Å². The maximum absolute atomic E-state index is 5.42. The minimum Gasteiger partial charge on any atom is -0.331 e. The Morgan fingerprint density at radius 3 is 2.80 bits per heavy atom. The highest BCUT2D eigenvalue weighted by molar-refractivity contribution is 9.10. The summed E-state index contributed by atoms with van der Waals surface area (Å²) in [5.41, 5.74) is 2.29. The number of aromatic amines is 1. The Kier molecular flexibility index (Phi) is 5.41. The van der Waals surface area contributed by atoms with Crippen molar-refractivity contribution in [1.82, 2.24) is 14.5 Å². The number of fused-ring (bicyclic) bond motifs is 1. The van der Waals surface area contributed by atoms with Gasteiger partial charge in [0.15, 0.2) is 4.77 Å². The van der Waals surface area contributed by atoms with Crippen LogP contribution < -0.4 is 0 Å². The van der Waals surface area contributed by atoms with Crippen molar-refractivity contribution >= 4 is 39.2 Å². The highest BCUT2D eigenvalue weighted by Gasteiger charge is 2.06. The third-order valence-corrected chi connectivity index (χ3v) is 4.58. The summed E-state index contributed by atoms with van der Waals surface area (Å²) in [6.45, 7) is 6.58. The molecule has 3 nitrogen and oxygen atoms in total. The van der Waals surface area contributed by atoms with E-state index in [0.717, 1.165) is 34.3 Å². The number of hydrogen-bond acceptors (Lipinski definition) is 2. The third-order valence-electron chi connectivity index (χ3n) is 3.76. The molecule has 0 spiro atoms. The van der Waals surface area contributed by atoms with E-state index in [0.29, 0.717) is 6.04 Å². The summed E-state index contributed by atoms with van der Waals surface area (Å²) >= 11 is 8.91. The number of aromatic nitrogens is 2. The fraction of sp³-hybridized carbons (Fsp3) is 0.533. The van der Waals surface area contributed by atoms with E-state index in [4.69, 9.17) is 12.2 Å². The molecule has 1 aromatic heterocycles. The molecule has 110 valence electrons. The molecular formula is C15H22BrN3S. The number of halogens is 1. The summed E-state index contributed by atoms with van der Waals surface area (Å²) in [4.78, 5) is 5.65. The molecule has 20 heavy (non-hydrogen) atoms. The van der Waals surface area contributed by atoms with E-state index >= 15 is 0 Å². The van der Waals surface area contributed by atoms with Gasteiger partial charge in [-0.3, -0.25) is 0 Å². The average molecular weight is 356 g/mol. The van der Waals surface area contributed by atoms with E-state index in [2.05, 4.69) is 69.5 Å². The maximum atomic E-state index is 5.42. The van der Waals surface area contributed by atoms with E-state index < -0.39 is 0 Å². The molecule has 2 rings (SSSR count). The van der Waals surface area contributed by atoms with Crippen molar-refractivity contribution in [3.63, 3.8) is 0 Å².